The molecule has 0 spiro atoms. The normalized spacial score (nSPS) is 18.3. The third kappa shape index (κ3) is 5.83. The molecule has 0 bridgehead atoms. The highest BCUT2D eigenvalue weighted by Crippen LogP contribution is 2.19. The molecule has 30 heavy (non-hydrogen) atoms. The molecule has 0 atom stereocenters. The van der Waals surface area contributed by atoms with E-state index >= 15 is 0 Å². The second kappa shape index (κ2) is 10.9. The van der Waals surface area contributed by atoms with Crippen LogP contribution in [0, 0.1) is 6.92 Å². The number of hydrogen-bond acceptors (Lipinski definition) is 5. The fourth-order valence-electron chi connectivity index (χ4n) is 4.12. The molecule has 8 nitrogen and oxygen atoms in total. The van der Waals surface area contributed by atoms with Gasteiger partial charge in [0.15, 0.2) is 11.8 Å². The summed E-state index contributed by atoms with van der Waals surface area (Å²) < 4.78 is 2.00. The highest BCUT2D eigenvalue weighted by molar-refractivity contribution is 14.0. The van der Waals surface area contributed by atoms with Crippen LogP contribution in [0.25, 0.3) is 0 Å². The van der Waals surface area contributed by atoms with Crippen LogP contribution in [0.1, 0.15) is 50.2 Å². The highest BCUT2D eigenvalue weighted by Gasteiger charge is 2.23. The number of pyridine rings is 1. The Kier molecular flexibility index (Phi) is 8.29. The van der Waals surface area contributed by atoms with Crippen molar-refractivity contribution in [1.82, 2.24) is 30.4 Å². The summed E-state index contributed by atoms with van der Waals surface area (Å²) in [6, 6.07) is 7.05. The number of aryl methyl sites for hydroxylation is 1. The van der Waals surface area contributed by atoms with Crippen LogP contribution >= 0.6 is 24.0 Å². The van der Waals surface area contributed by atoms with Crippen molar-refractivity contribution in [3.05, 3.63) is 36.0 Å². The Hall–Kier alpha value is -1.91. The van der Waals surface area contributed by atoms with E-state index in [2.05, 4.69) is 42.8 Å². The van der Waals surface area contributed by atoms with Gasteiger partial charge < -0.3 is 20.1 Å². The van der Waals surface area contributed by atoms with Gasteiger partial charge in [-0.2, -0.15) is 0 Å². The summed E-state index contributed by atoms with van der Waals surface area (Å²) in [5.74, 6) is 3.78. The molecule has 1 saturated carbocycles. The zero-order valence-electron chi connectivity index (χ0n) is 17.9. The first kappa shape index (κ1) is 22.8. The van der Waals surface area contributed by atoms with Gasteiger partial charge in [-0.1, -0.05) is 18.9 Å². The van der Waals surface area contributed by atoms with E-state index in [0.717, 1.165) is 49.4 Å². The van der Waals surface area contributed by atoms with Crippen molar-refractivity contribution in [1.29, 1.82) is 0 Å². The molecule has 1 aliphatic heterocycles. The Balaban J connectivity index is 0.00000256. The third-order valence-electron chi connectivity index (χ3n) is 6.07. The van der Waals surface area contributed by atoms with Gasteiger partial charge in [-0.3, -0.25) is 0 Å². The summed E-state index contributed by atoms with van der Waals surface area (Å²) in [7, 11) is 1.99. The molecule has 1 aliphatic carbocycles. The maximum absolute atomic E-state index is 4.85. The molecule has 4 rings (SSSR count). The lowest BCUT2D eigenvalue weighted by molar-refractivity contribution is 0.455. The average Bonchev–Trinajstić information content (AvgIpc) is 3.38. The number of piperidine rings is 1. The van der Waals surface area contributed by atoms with Crippen LogP contribution < -0.4 is 15.5 Å². The van der Waals surface area contributed by atoms with Crippen LogP contribution in [-0.2, 0) is 13.6 Å². The van der Waals surface area contributed by atoms with Crippen molar-refractivity contribution in [2.24, 2.45) is 12.0 Å². The average molecular weight is 524 g/mol. The second-order valence-corrected chi connectivity index (χ2v) is 8.11. The van der Waals surface area contributed by atoms with Crippen LogP contribution in [-0.4, -0.2) is 50.9 Å². The van der Waals surface area contributed by atoms with E-state index in [1.165, 1.54) is 25.7 Å². The predicted molar refractivity (Wildman–Crippen MR) is 130 cm³/mol. The van der Waals surface area contributed by atoms with E-state index in [9.17, 15) is 0 Å². The molecular formula is C21H33IN8. The number of guanidine groups is 1. The van der Waals surface area contributed by atoms with E-state index in [-0.39, 0.29) is 24.0 Å². The van der Waals surface area contributed by atoms with E-state index in [4.69, 9.17) is 4.99 Å². The topological polar surface area (TPSA) is 83.3 Å². The molecule has 2 aromatic heterocycles. The van der Waals surface area contributed by atoms with Crippen molar-refractivity contribution in [3.8, 4) is 0 Å². The van der Waals surface area contributed by atoms with Gasteiger partial charge in [0.05, 0.1) is 0 Å². The molecule has 164 valence electrons. The predicted octanol–water partition coefficient (Wildman–Crippen LogP) is 2.78. The summed E-state index contributed by atoms with van der Waals surface area (Å²) in [6.45, 7) is 4.51. The standard InChI is InChI=1S/C21H32N8.HI/c1-16-26-27-20(28(16)2)15-23-21(24-17-7-3-4-8-17)25-18-10-13-29(14-11-18)19-9-5-6-12-22-19;/h5-6,9,12,17-18H,3-4,7-8,10-11,13-15H2,1-2H3,(H2,23,24,25);1H. The highest BCUT2D eigenvalue weighted by atomic mass is 127. The lowest BCUT2D eigenvalue weighted by atomic mass is 10.1. The van der Waals surface area contributed by atoms with Gasteiger partial charge in [-0.15, -0.1) is 34.2 Å². The largest absolute Gasteiger partial charge is 0.356 e. The Bertz CT molecular complexity index is 808. The lowest BCUT2D eigenvalue weighted by Crippen LogP contribution is -2.50. The first-order valence-corrected chi connectivity index (χ1v) is 10.8. The van der Waals surface area contributed by atoms with Gasteiger partial charge in [-0.05, 0) is 44.7 Å². The fourth-order valence-corrected chi connectivity index (χ4v) is 4.12. The Morgan fingerprint density at radius 2 is 1.77 bits per heavy atom. The van der Waals surface area contributed by atoms with Crippen LogP contribution in [0.2, 0.25) is 0 Å². The number of hydrogen-bond donors (Lipinski definition) is 2. The fraction of sp³-hybridized carbons (Fsp3) is 0.619. The molecule has 0 unspecified atom stereocenters. The van der Waals surface area contributed by atoms with Gasteiger partial charge in [-0.25, -0.2) is 9.98 Å². The number of aliphatic imine (C=N–C) groups is 1. The molecule has 1 saturated heterocycles. The lowest BCUT2D eigenvalue weighted by Gasteiger charge is -2.34. The van der Waals surface area contributed by atoms with Gasteiger partial charge in [0.25, 0.3) is 0 Å². The van der Waals surface area contributed by atoms with Crippen LogP contribution in [0.5, 0.6) is 0 Å². The van der Waals surface area contributed by atoms with Crippen molar-refractivity contribution in [2.45, 2.75) is 64.1 Å². The van der Waals surface area contributed by atoms with E-state index in [0.29, 0.717) is 18.6 Å². The van der Waals surface area contributed by atoms with E-state index in [1.54, 1.807) is 0 Å². The Morgan fingerprint density at radius 3 is 2.37 bits per heavy atom. The maximum Gasteiger partial charge on any atom is 0.192 e. The van der Waals surface area contributed by atoms with Gasteiger partial charge in [0.2, 0.25) is 0 Å². The number of aromatic nitrogens is 4. The van der Waals surface area contributed by atoms with Crippen LogP contribution in [0.3, 0.4) is 0 Å². The third-order valence-corrected chi connectivity index (χ3v) is 6.07. The van der Waals surface area contributed by atoms with Gasteiger partial charge >= 0.3 is 0 Å². The van der Waals surface area contributed by atoms with Crippen molar-refractivity contribution in [2.75, 3.05) is 18.0 Å². The summed E-state index contributed by atoms with van der Waals surface area (Å²) in [5, 5.41) is 15.7. The molecule has 2 aromatic rings. The van der Waals surface area contributed by atoms with Crippen molar-refractivity contribution < 1.29 is 0 Å². The van der Waals surface area contributed by atoms with Crippen molar-refractivity contribution >= 4 is 35.8 Å². The zero-order chi connectivity index (χ0) is 20.1. The summed E-state index contributed by atoms with van der Waals surface area (Å²) in [4.78, 5) is 11.7. The molecule has 0 aromatic carbocycles. The molecule has 2 aliphatic rings. The van der Waals surface area contributed by atoms with E-state index < -0.39 is 0 Å². The summed E-state index contributed by atoms with van der Waals surface area (Å²) in [5.41, 5.74) is 0. The Labute approximate surface area is 196 Å². The smallest absolute Gasteiger partial charge is 0.192 e. The molecular weight excluding hydrogens is 491 g/mol. The number of nitrogens with zero attached hydrogens (tertiary/aromatic N) is 6. The molecule has 0 radical (unpaired) electrons. The minimum Gasteiger partial charge on any atom is -0.356 e. The summed E-state index contributed by atoms with van der Waals surface area (Å²) in [6.07, 6.45) is 9.07. The quantitative estimate of drug-likeness (QED) is 0.356. The molecule has 2 N–H and O–H groups in total. The maximum atomic E-state index is 4.85. The van der Waals surface area contributed by atoms with Crippen LogP contribution in [0.4, 0.5) is 5.82 Å². The molecule has 0 amide bonds. The number of halogens is 1. The van der Waals surface area contributed by atoms with E-state index in [1.807, 2.05) is 30.8 Å². The first-order valence-electron chi connectivity index (χ1n) is 10.8. The van der Waals surface area contributed by atoms with Gasteiger partial charge in [0, 0.05) is 38.4 Å². The first-order chi connectivity index (χ1) is 14.2. The molecule has 3 heterocycles. The monoisotopic (exact) mass is 524 g/mol. The zero-order valence-corrected chi connectivity index (χ0v) is 20.2. The number of rotatable bonds is 5. The van der Waals surface area contributed by atoms with Crippen LogP contribution in [0.15, 0.2) is 29.4 Å². The Morgan fingerprint density at radius 1 is 1.07 bits per heavy atom. The summed E-state index contributed by atoms with van der Waals surface area (Å²) >= 11 is 0. The SMILES string of the molecule is Cc1nnc(CN=C(NC2CCCC2)NC2CCN(c3ccccn3)CC2)n1C.I. The number of anilines is 1. The number of nitrogens with one attached hydrogen (secondary N) is 2. The minimum absolute atomic E-state index is 0. The van der Waals surface area contributed by atoms with Gasteiger partial charge in [0.1, 0.15) is 18.2 Å². The van der Waals surface area contributed by atoms with Crippen molar-refractivity contribution in [3.63, 3.8) is 0 Å². The molecule has 2 fully saturated rings. The minimum atomic E-state index is 0. The molecule has 9 heteroatoms. The second-order valence-electron chi connectivity index (χ2n) is 8.11.